The van der Waals surface area contributed by atoms with Crippen molar-refractivity contribution in [1.82, 2.24) is 0 Å². The predicted molar refractivity (Wildman–Crippen MR) is 21.4 cm³/mol. The van der Waals surface area contributed by atoms with E-state index in [0.29, 0.717) is 6.29 Å². The molecule has 38 valence electrons. The van der Waals surface area contributed by atoms with E-state index in [9.17, 15) is 4.79 Å². The van der Waals surface area contributed by atoms with Crippen LogP contribution >= 0.6 is 0 Å². The van der Waals surface area contributed by atoms with Gasteiger partial charge < -0.3 is 15.4 Å². The molecule has 0 spiro atoms. The molecule has 0 unspecified atom stereocenters. The maximum absolute atomic E-state index is 9.24. The van der Waals surface area contributed by atoms with E-state index >= 15 is 0 Å². The number of aldehydes is 1. The Morgan fingerprint density at radius 1 is 1.67 bits per heavy atom. The van der Waals surface area contributed by atoms with Gasteiger partial charge in [-0.15, -0.1) is 0 Å². The Morgan fingerprint density at radius 2 is 2.17 bits per heavy atom. The Kier molecular flexibility index (Phi) is 13.4. The van der Waals surface area contributed by atoms with Gasteiger partial charge in [0.25, 0.3) is 0 Å². The molecule has 0 rings (SSSR count). The van der Waals surface area contributed by atoms with Gasteiger partial charge in [-0.2, -0.15) is 0 Å². The molecule has 0 aromatic heterocycles. The molecule has 0 fully saturated rings. The first-order valence-electron chi connectivity index (χ1n) is 1.46. The Bertz CT molecular complexity index is 27.2. The number of carbonyl (C=O) groups is 1. The minimum atomic E-state index is -0.0243. The third-order valence-corrected chi connectivity index (χ3v) is 0.247. The average molecular weight is 92.1 g/mol. The summed E-state index contributed by atoms with van der Waals surface area (Å²) in [5.41, 5.74) is 0. The summed E-state index contributed by atoms with van der Waals surface area (Å²) in [4.78, 5) is 9.24. The van der Waals surface area contributed by atoms with Gasteiger partial charge in [-0.1, -0.05) is 0 Å². The summed E-state index contributed by atoms with van der Waals surface area (Å²) >= 11 is 0. The Labute approximate surface area is 35.9 Å². The quantitative estimate of drug-likeness (QED) is 0.432. The first kappa shape index (κ1) is 9.14. The molecule has 0 aromatic rings. The van der Waals surface area contributed by atoms with E-state index in [0.717, 1.165) is 0 Å². The molecule has 0 atom stereocenters. The fourth-order valence-electron chi connectivity index (χ4n) is 0.0527. The van der Waals surface area contributed by atoms with Crippen molar-refractivity contribution in [2.75, 3.05) is 6.61 Å². The topological polar surface area (TPSA) is 68.8 Å². The van der Waals surface area contributed by atoms with Crippen LogP contribution in [0.2, 0.25) is 0 Å². The van der Waals surface area contributed by atoms with Gasteiger partial charge in [0.1, 0.15) is 6.29 Å². The molecule has 0 aliphatic heterocycles. The van der Waals surface area contributed by atoms with E-state index in [4.69, 9.17) is 5.11 Å². The van der Waals surface area contributed by atoms with Crippen molar-refractivity contribution in [3.63, 3.8) is 0 Å². The van der Waals surface area contributed by atoms with Crippen molar-refractivity contribution in [3.8, 4) is 0 Å². The first-order chi connectivity index (χ1) is 2.41. The van der Waals surface area contributed by atoms with E-state index in [2.05, 4.69) is 0 Å². The van der Waals surface area contributed by atoms with Crippen LogP contribution in [0.15, 0.2) is 0 Å². The van der Waals surface area contributed by atoms with E-state index in [1.807, 2.05) is 0 Å². The molecule has 0 aromatic carbocycles. The lowest BCUT2D eigenvalue weighted by atomic mass is 10.5. The third kappa shape index (κ3) is 9.53. The highest BCUT2D eigenvalue weighted by Crippen LogP contribution is 1.58. The maximum atomic E-state index is 9.24. The minimum absolute atomic E-state index is 0. The van der Waals surface area contributed by atoms with Crippen LogP contribution in [-0.4, -0.2) is 23.5 Å². The van der Waals surface area contributed by atoms with Crippen LogP contribution in [0.5, 0.6) is 0 Å². The van der Waals surface area contributed by atoms with Crippen molar-refractivity contribution in [2.45, 2.75) is 6.42 Å². The number of aliphatic hydroxyl groups is 1. The summed E-state index contributed by atoms with van der Waals surface area (Å²) in [6.45, 7) is -0.0243. The minimum Gasteiger partial charge on any atom is -0.412 e. The Hall–Kier alpha value is -0.410. The van der Waals surface area contributed by atoms with Gasteiger partial charge >= 0.3 is 0 Å². The zero-order chi connectivity index (χ0) is 4.12. The van der Waals surface area contributed by atoms with Crippen molar-refractivity contribution in [3.05, 3.63) is 0 Å². The van der Waals surface area contributed by atoms with Crippen molar-refractivity contribution in [2.24, 2.45) is 0 Å². The SMILES string of the molecule is O.O=CCCO. The van der Waals surface area contributed by atoms with Crippen LogP contribution < -0.4 is 0 Å². The van der Waals surface area contributed by atoms with Gasteiger partial charge in [0.2, 0.25) is 0 Å². The third-order valence-electron chi connectivity index (χ3n) is 0.247. The fraction of sp³-hybridized carbons (Fsp3) is 0.667. The highest BCUT2D eigenvalue weighted by atomic mass is 16.3. The number of carbonyl (C=O) groups excluding carboxylic acids is 1. The fourth-order valence-corrected chi connectivity index (χ4v) is 0.0527. The van der Waals surface area contributed by atoms with Crippen LogP contribution in [0.4, 0.5) is 0 Å². The van der Waals surface area contributed by atoms with Gasteiger partial charge in [0.15, 0.2) is 0 Å². The maximum Gasteiger partial charge on any atom is 0.122 e. The lowest BCUT2D eigenvalue weighted by Gasteiger charge is -1.69. The second-order valence-corrected chi connectivity index (χ2v) is 0.679. The van der Waals surface area contributed by atoms with Gasteiger partial charge in [-0.3, -0.25) is 0 Å². The van der Waals surface area contributed by atoms with Gasteiger partial charge in [0.05, 0.1) is 0 Å². The summed E-state index contributed by atoms with van der Waals surface area (Å²) in [7, 11) is 0. The molecule has 0 saturated carbocycles. The van der Waals surface area contributed by atoms with E-state index in [1.165, 1.54) is 0 Å². The van der Waals surface area contributed by atoms with Crippen molar-refractivity contribution in [1.29, 1.82) is 0 Å². The van der Waals surface area contributed by atoms with Crippen molar-refractivity contribution >= 4 is 6.29 Å². The van der Waals surface area contributed by atoms with Gasteiger partial charge in [-0.25, -0.2) is 0 Å². The summed E-state index contributed by atoms with van der Waals surface area (Å²) in [5, 5.41) is 7.84. The molecule has 0 bridgehead atoms. The van der Waals surface area contributed by atoms with Gasteiger partial charge in [-0.05, 0) is 0 Å². The zero-order valence-corrected chi connectivity index (χ0v) is 3.35. The Morgan fingerprint density at radius 3 is 2.17 bits per heavy atom. The molecule has 0 aliphatic rings. The molecular weight excluding hydrogens is 84.0 g/mol. The largest absolute Gasteiger partial charge is 0.412 e. The summed E-state index contributed by atoms with van der Waals surface area (Å²) in [6.07, 6.45) is 0.944. The molecule has 0 heterocycles. The van der Waals surface area contributed by atoms with E-state index < -0.39 is 0 Å². The first-order valence-corrected chi connectivity index (χ1v) is 1.46. The lowest BCUT2D eigenvalue weighted by Crippen LogP contribution is -1.78. The lowest BCUT2D eigenvalue weighted by molar-refractivity contribution is -0.108. The predicted octanol–water partition coefficient (Wildman–Crippen LogP) is -1.26. The van der Waals surface area contributed by atoms with E-state index in [1.54, 1.807) is 0 Å². The zero-order valence-electron chi connectivity index (χ0n) is 3.35. The summed E-state index contributed by atoms with van der Waals surface area (Å²) in [6, 6.07) is 0. The molecule has 0 saturated heterocycles. The summed E-state index contributed by atoms with van der Waals surface area (Å²) in [5.74, 6) is 0. The molecule has 6 heavy (non-hydrogen) atoms. The molecule has 0 aliphatic carbocycles. The van der Waals surface area contributed by atoms with Crippen LogP contribution in [0.1, 0.15) is 6.42 Å². The monoisotopic (exact) mass is 92.0 g/mol. The van der Waals surface area contributed by atoms with Gasteiger partial charge in [0, 0.05) is 13.0 Å². The normalized spacial score (nSPS) is 6.17. The molecule has 3 heteroatoms. The molecule has 0 radical (unpaired) electrons. The second kappa shape index (κ2) is 8.82. The number of hydrogen-bond donors (Lipinski definition) is 1. The van der Waals surface area contributed by atoms with Crippen LogP contribution in [0, 0.1) is 0 Å². The number of aliphatic hydroxyl groups excluding tert-OH is 1. The highest BCUT2D eigenvalue weighted by molar-refractivity contribution is 5.49. The average Bonchev–Trinajstić information content (AvgIpc) is 1.41. The molecule has 0 amide bonds. The van der Waals surface area contributed by atoms with E-state index in [-0.39, 0.29) is 18.5 Å². The highest BCUT2D eigenvalue weighted by Gasteiger charge is 1.67. The van der Waals surface area contributed by atoms with Crippen LogP contribution in [0.3, 0.4) is 0 Å². The standard InChI is InChI=1S/C3H6O2.H2O/c4-2-1-3-5;/h2,5H,1,3H2;1H2. The Balaban J connectivity index is 0. The smallest absolute Gasteiger partial charge is 0.122 e. The molecular formula is C3H8O3. The molecule has 3 nitrogen and oxygen atoms in total. The summed E-state index contributed by atoms with van der Waals surface area (Å²) < 4.78 is 0. The number of hydrogen-bond acceptors (Lipinski definition) is 2. The second-order valence-electron chi connectivity index (χ2n) is 0.679. The number of rotatable bonds is 2. The van der Waals surface area contributed by atoms with Crippen LogP contribution in [0.25, 0.3) is 0 Å². The molecule has 3 N–H and O–H groups in total. The van der Waals surface area contributed by atoms with Crippen LogP contribution in [-0.2, 0) is 4.79 Å². The van der Waals surface area contributed by atoms with Crippen molar-refractivity contribution < 1.29 is 15.4 Å².